The van der Waals surface area contributed by atoms with Gasteiger partial charge in [0.15, 0.2) is 6.10 Å². The number of rotatable bonds is 6. The summed E-state index contributed by atoms with van der Waals surface area (Å²) in [6, 6.07) is 6.71. The van der Waals surface area contributed by atoms with Crippen LogP contribution in [0.2, 0.25) is 5.02 Å². The van der Waals surface area contributed by atoms with Crippen molar-refractivity contribution in [2.75, 3.05) is 12.4 Å². The van der Waals surface area contributed by atoms with E-state index >= 15 is 0 Å². The zero-order chi connectivity index (χ0) is 16.8. The number of thiophene rings is 1. The van der Waals surface area contributed by atoms with Crippen LogP contribution in [0.5, 0.6) is 5.75 Å². The lowest BCUT2D eigenvalue weighted by Gasteiger charge is -2.15. The van der Waals surface area contributed by atoms with Gasteiger partial charge < -0.3 is 14.8 Å². The van der Waals surface area contributed by atoms with Crippen molar-refractivity contribution in [1.82, 2.24) is 0 Å². The first-order valence-corrected chi connectivity index (χ1v) is 8.16. The number of anilines is 1. The highest BCUT2D eigenvalue weighted by molar-refractivity contribution is 7.08. The van der Waals surface area contributed by atoms with Gasteiger partial charge in [-0.1, -0.05) is 11.6 Å². The predicted octanol–water partition coefficient (Wildman–Crippen LogP) is 3.52. The first-order valence-electron chi connectivity index (χ1n) is 6.84. The summed E-state index contributed by atoms with van der Waals surface area (Å²) < 4.78 is 10.3. The Morgan fingerprint density at radius 2 is 2.13 bits per heavy atom. The normalized spacial score (nSPS) is 11.6. The quantitative estimate of drug-likeness (QED) is 0.807. The molecule has 1 N–H and O–H groups in total. The third-order valence-electron chi connectivity index (χ3n) is 3.03. The lowest BCUT2D eigenvalue weighted by atomic mass is 10.2. The van der Waals surface area contributed by atoms with E-state index in [-0.39, 0.29) is 6.42 Å². The second kappa shape index (κ2) is 7.99. The minimum atomic E-state index is -0.926. The minimum absolute atomic E-state index is 0.140. The standard InChI is InChI=1S/C16H16ClNO4S/c1-10(22-15(19)7-11-5-6-23-9-11)16(20)18-13-8-12(17)3-4-14(13)21-2/h3-6,8-10H,7H2,1-2H3,(H,18,20)/t10-/m1/s1. The van der Waals surface area contributed by atoms with E-state index in [1.54, 1.807) is 18.2 Å². The van der Waals surface area contributed by atoms with Crippen LogP contribution in [-0.2, 0) is 20.7 Å². The largest absolute Gasteiger partial charge is 0.495 e. The number of carbonyl (C=O) groups is 2. The fourth-order valence-electron chi connectivity index (χ4n) is 1.86. The zero-order valence-electron chi connectivity index (χ0n) is 12.7. The maximum Gasteiger partial charge on any atom is 0.311 e. The lowest BCUT2D eigenvalue weighted by molar-refractivity contribution is -0.152. The zero-order valence-corrected chi connectivity index (χ0v) is 14.2. The third-order valence-corrected chi connectivity index (χ3v) is 3.99. The van der Waals surface area contributed by atoms with Crippen LogP contribution in [0.15, 0.2) is 35.0 Å². The van der Waals surface area contributed by atoms with Crippen molar-refractivity contribution in [2.24, 2.45) is 0 Å². The van der Waals surface area contributed by atoms with Gasteiger partial charge in [0.25, 0.3) is 5.91 Å². The molecule has 0 radical (unpaired) electrons. The number of benzene rings is 1. The van der Waals surface area contributed by atoms with Crippen LogP contribution >= 0.6 is 22.9 Å². The molecular formula is C16H16ClNO4S. The number of nitrogens with one attached hydrogen (secondary N) is 1. The summed E-state index contributed by atoms with van der Waals surface area (Å²) in [7, 11) is 1.49. The summed E-state index contributed by atoms with van der Waals surface area (Å²) >= 11 is 7.41. The van der Waals surface area contributed by atoms with Crippen LogP contribution < -0.4 is 10.1 Å². The predicted molar refractivity (Wildman–Crippen MR) is 90.2 cm³/mol. The number of halogens is 1. The molecule has 0 aliphatic heterocycles. The molecule has 7 heteroatoms. The molecule has 2 rings (SSSR count). The van der Waals surface area contributed by atoms with Gasteiger partial charge in [0, 0.05) is 5.02 Å². The van der Waals surface area contributed by atoms with Gasteiger partial charge in [-0.3, -0.25) is 9.59 Å². The number of amides is 1. The van der Waals surface area contributed by atoms with E-state index in [2.05, 4.69) is 5.32 Å². The Labute approximate surface area is 143 Å². The SMILES string of the molecule is COc1ccc(Cl)cc1NC(=O)[C@@H](C)OC(=O)Cc1ccsc1. The van der Waals surface area contributed by atoms with Crippen molar-refractivity contribution in [2.45, 2.75) is 19.4 Å². The van der Waals surface area contributed by atoms with E-state index in [0.717, 1.165) is 5.56 Å². The molecule has 5 nitrogen and oxygen atoms in total. The summed E-state index contributed by atoms with van der Waals surface area (Å²) in [5.74, 6) is -0.437. The van der Waals surface area contributed by atoms with Crippen LogP contribution in [0.25, 0.3) is 0 Å². The number of hydrogen-bond acceptors (Lipinski definition) is 5. The Bertz CT molecular complexity index is 687. The van der Waals surface area contributed by atoms with Crippen molar-refractivity contribution in [3.8, 4) is 5.75 Å². The molecular weight excluding hydrogens is 338 g/mol. The van der Waals surface area contributed by atoms with Gasteiger partial charge in [-0.25, -0.2) is 0 Å². The summed E-state index contributed by atoms with van der Waals surface area (Å²) in [6.07, 6.45) is -0.786. The van der Waals surface area contributed by atoms with Crippen molar-refractivity contribution < 1.29 is 19.1 Å². The second-order valence-electron chi connectivity index (χ2n) is 4.77. The van der Waals surface area contributed by atoms with Crippen LogP contribution in [0.1, 0.15) is 12.5 Å². The third kappa shape index (κ3) is 4.97. The smallest absolute Gasteiger partial charge is 0.311 e. The lowest BCUT2D eigenvalue weighted by Crippen LogP contribution is -2.30. The Hall–Kier alpha value is -2.05. The van der Waals surface area contributed by atoms with Gasteiger partial charge in [-0.05, 0) is 47.5 Å². The molecule has 23 heavy (non-hydrogen) atoms. The van der Waals surface area contributed by atoms with E-state index in [1.807, 2.05) is 16.8 Å². The van der Waals surface area contributed by atoms with E-state index < -0.39 is 18.0 Å². The van der Waals surface area contributed by atoms with Crippen LogP contribution in [0, 0.1) is 0 Å². The van der Waals surface area contributed by atoms with Gasteiger partial charge in [-0.15, -0.1) is 0 Å². The van der Waals surface area contributed by atoms with Gasteiger partial charge in [0.05, 0.1) is 19.2 Å². The number of hydrogen-bond donors (Lipinski definition) is 1. The average molecular weight is 354 g/mol. The molecule has 0 fully saturated rings. The van der Waals surface area contributed by atoms with Gasteiger partial charge in [-0.2, -0.15) is 11.3 Å². The van der Waals surface area contributed by atoms with Crippen LogP contribution in [0.3, 0.4) is 0 Å². The summed E-state index contributed by atoms with van der Waals surface area (Å²) in [5.41, 5.74) is 1.29. The highest BCUT2D eigenvalue weighted by Gasteiger charge is 2.19. The molecule has 1 heterocycles. The van der Waals surface area contributed by atoms with Crippen molar-refractivity contribution in [3.05, 3.63) is 45.6 Å². The molecule has 0 unspecified atom stereocenters. The molecule has 122 valence electrons. The molecule has 2 aromatic rings. The summed E-state index contributed by atoms with van der Waals surface area (Å²) in [5, 5.41) is 6.85. The van der Waals surface area contributed by atoms with E-state index in [9.17, 15) is 9.59 Å². The Morgan fingerprint density at radius 1 is 1.35 bits per heavy atom. The Morgan fingerprint density at radius 3 is 2.78 bits per heavy atom. The van der Waals surface area contributed by atoms with Crippen LogP contribution in [0.4, 0.5) is 5.69 Å². The van der Waals surface area contributed by atoms with E-state index in [0.29, 0.717) is 16.5 Å². The topological polar surface area (TPSA) is 64.6 Å². The van der Waals surface area contributed by atoms with Crippen molar-refractivity contribution in [1.29, 1.82) is 0 Å². The molecule has 1 amide bonds. The molecule has 0 saturated heterocycles. The highest BCUT2D eigenvalue weighted by Crippen LogP contribution is 2.27. The molecule has 0 saturated carbocycles. The first-order chi connectivity index (χ1) is 11.0. The van der Waals surface area contributed by atoms with E-state index in [1.165, 1.54) is 25.4 Å². The highest BCUT2D eigenvalue weighted by atomic mass is 35.5. The van der Waals surface area contributed by atoms with Gasteiger partial charge in [0.2, 0.25) is 0 Å². The average Bonchev–Trinajstić information content (AvgIpc) is 3.00. The minimum Gasteiger partial charge on any atom is -0.495 e. The maximum atomic E-state index is 12.1. The molecule has 1 atom stereocenters. The molecule has 0 aliphatic carbocycles. The summed E-state index contributed by atoms with van der Waals surface area (Å²) in [4.78, 5) is 24.0. The Balaban J connectivity index is 1.94. The van der Waals surface area contributed by atoms with Crippen molar-refractivity contribution in [3.63, 3.8) is 0 Å². The monoisotopic (exact) mass is 353 g/mol. The molecule has 0 bridgehead atoms. The first kappa shape index (κ1) is 17.3. The van der Waals surface area contributed by atoms with Crippen molar-refractivity contribution >= 4 is 40.5 Å². The fourth-order valence-corrected chi connectivity index (χ4v) is 2.71. The second-order valence-corrected chi connectivity index (χ2v) is 5.99. The number of ether oxygens (including phenoxy) is 2. The van der Waals surface area contributed by atoms with Gasteiger partial charge >= 0.3 is 5.97 Å². The fraction of sp³-hybridized carbons (Fsp3) is 0.250. The molecule has 1 aromatic heterocycles. The number of carbonyl (C=O) groups excluding carboxylic acids is 2. The molecule has 1 aromatic carbocycles. The van der Waals surface area contributed by atoms with Crippen LogP contribution in [-0.4, -0.2) is 25.1 Å². The summed E-state index contributed by atoms with van der Waals surface area (Å²) in [6.45, 7) is 1.51. The molecule has 0 aliphatic rings. The van der Waals surface area contributed by atoms with E-state index in [4.69, 9.17) is 21.1 Å². The molecule has 0 spiro atoms. The number of methoxy groups -OCH3 is 1. The van der Waals surface area contributed by atoms with Gasteiger partial charge in [0.1, 0.15) is 5.75 Å². The number of esters is 1. The maximum absolute atomic E-state index is 12.1. The Kier molecular flexibility index (Phi) is 6.01.